The van der Waals surface area contributed by atoms with Gasteiger partial charge >= 0.3 is 11.4 Å². The molecule has 8 heterocycles. The van der Waals surface area contributed by atoms with E-state index in [4.69, 9.17) is 17.2 Å². The van der Waals surface area contributed by atoms with Gasteiger partial charge in [0.05, 0.1) is 18.9 Å². The predicted octanol–water partition coefficient (Wildman–Crippen LogP) is 3.96. The van der Waals surface area contributed by atoms with Gasteiger partial charge in [-0.2, -0.15) is 19.6 Å². The molecule has 8 aromatic rings. The monoisotopic (exact) mass is 939 g/mol. The molecule has 0 bridgehead atoms. The van der Waals surface area contributed by atoms with Crippen LogP contribution in [0.4, 0.5) is 23.5 Å². The van der Waals surface area contributed by atoms with Crippen molar-refractivity contribution in [3.05, 3.63) is 103 Å². The second kappa shape index (κ2) is 20.0. The molecule has 0 aliphatic heterocycles. The predicted molar refractivity (Wildman–Crippen MR) is 266 cm³/mol. The third-order valence-electron chi connectivity index (χ3n) is 9.66. The lowest BCUT2D eigenvalue weighted by atomic mass is 9.89. The second-order valence-corrected chi connectivity index (χ2v) is 20.4. The largest absolute Gasteiger partial charge is 0.383 e. The molecular formula is C44H66N20O4. The molecule has 68 heavy (non-hydrogen) atoms. The normalized spacial score (nSPS) is 11.9. The molecule has 0 spiro atoms. The van der Waals surface area contributed by atoms with Gasteiger partial charge in [-0.1, -0.05) is 20.8 Å². The quantitative estimate of drug-likeness (QED) is 0.136. The first kappa shape index (κ1) is 52.8. The van der Waals surface area contributed by atoms with Crippen LogP contribution in [0.5, 0.6) is 0 Å². The highest BCUT2D eigenvalue weighted by atomic mass is 16.2. The molecule has 366 valence electrons. The molecule has 0 radical (unpaired) electrons. The van der Waals surface area contributed by atoms with Gasteiger partial charge in [0.25, 0.3) is 11.1 Å². The molecular weight excluding hydrogens is 873 g/mol. The summed E-state index contributed by atoms with van der Waals surface area (Å²) in [5.74, 6) is 1.51. The number of nitrogens with one attached hydrogen (secondary N) is 3. The maximum atomic E-state index is 11.5. The molecule has 0 unspecified atom stereocenters. The zero-order valence-electron chi connectivity index (χ0n) is 41.8. The fourth-order valence-corrected chi connectivity index (χ4v) is 6.15. The average Bonchev–Trinajstić information content (AvgIpc) is 3.96. The van der Waals surface area contributed by atoms with Crippen LogP contribution in [0.2, 0.25) is 0 Å². The Kier molecular flexibility index (Phi) is 15.5. The topological polar surface area (TPSA) is 330 Å². The van der Waals surface area contributed by atoms with Gasteiger partial charge in [-0.15, -0.1) is 0 Å². The van der Waals surface area contributed by atoms with E-state index in [1.807, 2.05) is 84.7 Å². The summed E-state index contributed by atoms with van der Waals surface area (Å²) in [6, 6.07) is 2.96. The lowest BCUT2D eigenvalue weighted by Crippen LogP contribution is -2.37. The Morgan fingerprint density at radius 3 is 1.63 bits per heavy atom. The first-order chi connectivity index (χ1) is 31.2. The zero-order valence-corrected chi connectivity index (χ0v) is 41.8. The standard InChI is InChI=1S/C10H15N5.C9H13N5O.C9H13N5.C8H13N3O.C8H12N2O2/c1-10(2,3)7-5-14-15-8(7)12-6-13-9(15)11-4;1-9(2,3)14-4-11-5-6(14)12-8(10)13-7(5)15;1-9(2,3)14-5-13-6-7(10)11-4-12-8(6)14;1-8(2,3)11-5-4-6(9)10-7(11)12;1-8(2,3)10-5-4-6(11)9-7(10)12/h5-6H,1-4H3,(H,11,12,13);4H,1-3H3,(H3,10,12,13,15);4-5H,1-3H3,(H2,10,11,12);4-5H,1-3H3,(H2,9,10,12);4-5H,1-3H3,(H,9,11,12). The van der Waals surface area contributed by atoms with E-state index in [2.05, 4.69) is 102 Å². The van der Waals surface area contributed by atoms with Crippen LogP contribution in [0.15, 0.2) is 75.2 Å². The lowest BCUT2D eigenvalue weighted by Gasteiger charge is -2.21. The maximum absolute atomic E-state index is 11.5. The van der Waals surface area contributed by atoms with Crippen LogP contribution in [0.25, 0.3) is 28.0 Å². The van der Waals surface area contributed by atoms with Gasteiger partial charge in [0, 0.05) is 53.2 Å². The molecule has 8 aromatic heterocycles. The number of aromatic amines is 2. The van der Waals surface area contributed by atoms with Crippen LogP contribution < -0.4 is 45.0 Å². The van der Waals surface area contributed by atoms with Gasteiger partial charge < -0.3 is 31.7 Å². The minimum atomic E-state index is -0.366. The fourth-order valence-electron chi connectivity index (χ4n) is 6.15. The SMILES string of the molecule is CC(C)(C)n1ccc(=O)[nH]c1=O.CC(C)(C)n1ccc(N)nc1=O.CC(C)(C)n1cnc2c(=O)[nH]c(N)nc21.CC(C)(C)n1cnc2c(N)ncnc21.CNc1ncnc2c(C(C)(C)C)cnn12. The second-order valence-electron chi connectivity index (χ2n) is 20.4. The fraction of sp³-hybridized carbons (Fsp3) is 0.477. The van der Waals surface area contributed by atoms with Gasteiger partial charge in [0.15, 0.2) is 28.3 Å². The molecule has 0 aliphatic carbocycles. The molecule has 24 heteroatoms. The number of imidazole rings is 2. The molecule has 0 aliphatic rings. The third kappa shape index (κ3) is 13.0. The molecule has 0 atom stereocenters. The number of nitrogens with zero attached hydrogens (tertiary/aromatic N) is 14. The van der Waals surface area contributed by atoms with Crippen LogP contribution in [0, 0.1) is 0 Å². The molecule has 24 nitrogen and oxygen atoms in total. The number of hydrogen-bond acceptors (Lipinski definition) is 17. The Bertz CT molecular complexity index is 3230. The number of nitrogens with two attached hydrogens (primary N) is 3. The Balaban J connectivity index is 0.000000186. The number of H-pyrrole nitrogens is 2. The average molecular weight is 939 g/mol. The summed E-state index contributed by atoms with van der Waals surface area (Å²) in [7, 11) is 1.82. The third-order valence-corrected chi connectivity index (χ3v) is 9.66. The zero-order chi connectivity index (χ0) is 51.3. The summed E-state index contributed by atoms with van der Waals surface area (Å²) in [5.41, 5.74) is 18.8. The van der Waals surface area contributed by atoms with Gasteiger partial charge in [0.2, 0.25) is 11.9 Å². The van der Waals surface area contributed by atoms with Crippen LogP contribution in [-0.4, -0.2) is 84.8 Å². The van der Waals surface area contributed by atoms with Crippen molar-refractivity contribution in [3.63, 3.8) is 0 Å². The molecule has 0 aromatic carbocycles. The van der Waals surface area contributed by atoms with Crippen molar-refractivity contribution in [1.29, 1.82) is 0 Å². The Morgan fingerprint density at radius 2 is 1.10 bits per heavy atom. The number of nitrogen functional groups attached to an aromatic ring is 3. The Morgan fingerprint density at radius 1 is 0.574 bits per heavy atom. The van der Waals surface area contributed by atoms with Crippen LogP contribution >= 0.6 is 0 Å². The molecule has 0 amide bonds. The van der Waals surface area contributed by atoms with Crippen molar-refractivity contribution < 1.29 is 0 Å². The number of rotatable bonds is 1. The van der Waals surface area contributed by atoms with E-state index in [1.54, 1.807) is 40.3 Å². The molecule has 0 fully saturated rings. The highest BCUT2D eigenvalue weighted by Crippen LogP contribution is 2.26. The first-order valence-electron chi connectivity index (χ1n) is 21.5. The van der Waals surface area contributed by atoms with E-state index in [0.29, 0.717) is 28.4 Å². The van der Waals surface area contributed by atoms with Crippen LogP contribution in [0.1, 0.15) is 109 Å². The Hall–Kier alpha value is -7.79. The van der Waals surface area contributed by atoms with E-state index >= 15 is 0 Å². The molecule has 8 rings (SSSR count). The lowest BCUT2D eigenvalue weighted by molar-refractivity contribution is 0.376. The first-order valence-corrected chi connectivity index (χ1v) is 21.5. The van der Waals surface area contributed by atoms with Gasteiger partial charge in [0.1, 0.15) is 24.0 Å². The van der Waals surface area contributed by atoms with Crippen molar-refractivity contribution in [2.24, 2.45) is 0 Å². The highest BCUT2D eigenvalue weighted by molar-refractivity contribution is 5.81. The van der Waals surface area contributed by atoms with Crippen molar-refractivity contribution in [3.8, 4) is 0 Å². The molecule has 9 N–H and O–H groups in total. The molecule has 0 saturated carbocycles. The number of fused-ring (bicyclic) bond motifs is 3. The van der Waals surface area contributed by atoms with Gasteiger partial charge in [-0.3, -0.25) is 28.7 Å². The van der Waals surface area contributed by atoms with Crippen LogP contribution in [-0.2, 0) is 27.6 Å². The van der Waals surface area contributed by atoms with E-state index in [-0.39, 0.29) is 61.8 Å². The van der Waals surface area contributed by atoms with Gasteiger partial charge in [-0.25, -0.2) is 39.5 Å². The van der Waals surface area contributed by atoms with E-state index in [9.17, 15) is 19.2 Å². The van der Waals surface area contributed by atoms with Crippen molar-refractivity contribution in [1.82, 2.24) is 77.7 Å². The van der Waals surface area contributed by atoms with E-state index in [0.717, 1.165) is 16.9 Å². The number of aromatic nitrogens is 16. The minimum absolute atomic E-state index is 0.0428. The summed E-state index contributed by atoms with van der Waals surface area (Å²) in [6.45, 7) is 30.2. The smallest absolute Gasteiger partial charge is 0.349 e. The molecule has 0 saturated heterocycles. The summed E-state index contributed by atoms with van der Waals surface area (Å²) < 4.78 is 8.56. The van der Waals surface area contributed by atoms with Crippen molar-refractivity contribution >= 4 is 51.5 Å². The van der Waals surface area contributed by atoms with E-state index < -0.39 is 0 Å². The summed E-state index contributed by atoms with van der Waals surface area (Å²) in [6.07, 6.45) is 11.4. The number of anilines is 4. The Labute approximate surface area is 392 Å². The minimum Gasteiger partial charge on any atom is -0.383 e. The summed E-state index contributed by atoms with van der Waals surface area (Å²) >= 11 is 0. The summed E-state index contributed by atoms with van der Waals surface area (Å²) in [5, 5.41) is 7.27. The highest BCUT2D eigenvalue weighted by Gasteiger charge is 2.22. The van der Waals surface area contributed by atoms with Crippen LogP contribution in [0.3, 0.4) is 0 Å². The summed E-state index contributed by atoms with van der Waals surface area (Å²) in [4.78, 5) is 81.6. The van der Waals surface area contributed by atoms with Gasteiger partial charge in [-0.05, 0) is 94.6 Å². The van der Waals surface area contributed by atoms with Crippen molar-refractivity contribution in [2.75, 3.05) is 29.6 Å². The number of hydrogen-bond donors (Lipinski definition) is 6. The van der Waals surface area contributed by atoms with E-state index in [1.165, 1.54) is 23.2 Å². The van der Waals surface area contributed by atoms with Crippen molar-refractivity contribution in [2.45, 2.75) is 131 Å². The maximum Gasteiger partial charge on any atom is 0.349 e.